The average molecular weight is 593 g/mol. The molecule has 2 heterocycles. The van der Waals surface area contributed by atoms with Crippen molar-refractivity contribution < 1.29 is 22.7 Å². The Labute approximate surface area is 225 Å². The zero-order valence-corrected chi connectivity index (χ0v) is 23.2. The number of sulfonamides is 1. The number of hydrogen-bond donors (Lipinski definition) is 2. The van der Waals surface area contributed by atoms with Crippen LogP contribution < -0.4 is 14.4 Å². The van der Waals surface area contributed by atoms with Crippen molar-refractivity contribution in [1.82, 2.24) is 9.71 Å². The minimum Gasteiger partial charge on any atom is -0.491 e. The number of rotatable bonds is 9. The van der Waals surface area contributed by atoms with E-state index in [2.05, 4.69) is 25.6 Å². The maximum absolute atomic E-state index is 13.5. The fraction of sp³-hybridized carbons (Fsp3) is 0.370. The maximum Gasteiger partial charge on any atom is 0.244 e. The molecule has 0 radical (unpaired) electrons. The smallest absolute Gasteiger partial charge is 0.244 e. The Balaban J connectivity index is 1.56. The van der Waals surface area contributed by atoms with Gasteiger partial charge in [0.05, 0.1) is 6.10 Å². The highest BCUT2D eigenvalue weighted by Crippen LogP contribution is 2.36. The van der Waals surface area contributed by atoms with Gasteiger partial charge in [0.25, 0.3) is 0 Å². The van der Waals surface area contributed by atoms with E-state index in [1.807, 2.05) is 43.0 Å². The van der Waals surface area contributed by atoms with Crippen LogP contribution in [0.3, 0.4) is 0 Å². The van der Waals surface area contributed by atoms with Crippen molar-refractivity contribution in [3.05, 3.63) is 82.2 Å². The Hall–Kier alpha value is -2.53. The largest absolute Gasteiger partial charge is 0.491 e. The van der Waals surface area contributed by atoms with Crippen LogP contribution in [0.5, 0.6) is 5.75 Å². The summed E-state index contributed by atoms with van der Waals surface area (Å²) >= 11 is 3.36. The number of benzene rings is 2. The first-order valence-electron chi connectivity index (χ1n) is 12.2. The molecule has 2 atom stereocenters. The first-order valence-corrected chi connectivity index (χ1v) is 14.5. The van der Waals surface area contributed by atoms with Gasteiger partial charge in [0.15, 0.2) is 0 Å². The second-order valence-electron chi connectivity index (χ2n) is 9.41. The fourth-order valence-corrected chi connectivity index (χ4v) is 6.36. The van der Waals surface area contributed by atoms with Gasteiger partial charge in [-0.25, -0.2) is 22.5 Å². The summed E-state index contributed by atoms with van der Waals surface area (Å²) in [5.41, 5.74) is 1.69. The molecule has 3 aromatic rings. The molecule has 7 nitrogen and oxygen atoms in total. The number of nitrogens with zero attached hydrogens (tertiary/aromatic N) is 2. The predicted molar refractivity (Wildman–Crippen MR) is 145 cm³/mol. The standard InChI is InChI=1S/C27H31BrFN3O4S/c1-18(2)36-25-6-4-3-5-20(25)14-31-37(34,35)26-13-22(28)15-30-27(26)32-12-11-24(21(16-32)17-33)19-7-9-23(29)10-8-19/h3-10,13,15,18,21,24,31,33H,11-12,14,16-17H2,1-2H3/t21-,24-/m0/s1. The van der Waals surface area contributed by atoms with Crippen LogP contribution in [-0.2, 0) is 16.6 Å². The number of hydrogen-bond acceptors (Lipinski definition) is 6. The first-order chi connectivity index (χ1) is 17.7. The third-order valence-electron chi connectivity index (χ3n) is 6.44. The highest BCUT2D eigenvalue weighted by atomic mass is 79.9. The molecule has 0 amide bonds. The van der Waals surface area contributed by atoms with Gasteiger partial charge in [-0.3, -0.25) is 0 Å². The molecule has 2 aromatic carbocycles. The van der Waals surface area contributed by atoms with E-state index in [1.165, 1.54) is 12.1 Å². The van der Waals surface area contributed by atoms with Gasteiger partial charge in [-0.2, -0.15) is 0 Å². The van der Waals surface area contributed by atoms with E-state index in [4.69, 9.17) is 4.74 Å². The molecule has 4 rings (SSSR count). The Morgan fingerprint density at radius 3 is 2.65 bits per heavy atom. The highest BCUT2D eigenvalue weighted by Gasteiger charge is 2.33. The van der Waals surface area contributed by atoms with E-state index in [9.17, 15) is 17.9 Å². The molecule has 2 N–H and O–H groups in total. The number of aliphatic hydroxyl groups excluding tert-OH is 1. The zero-order valence-electron chi connectivity index (χ0n) is 20.8. The number of piperidine rings is 1. The monoisotopic (exact) mass is 591 g/mol. The molecular weight excluding hydrogens is 561 g/mol. The molecule has 1 aliphatic heterocycles. The van der Waals surface area contributed by atoms with Gasteiger partial charge in [-0.05, 0) is 71.9 Å². The quantitative estimate of drug-likeness (QED) is 0.369. The van der Waals surface area contributed by atoms with E-state index in [0.717, 1.165) is 11.1 Å². The maximum atomic E-state index is 13.5. The van der Waals surface area contributed by atoms with E-state index in [-0.39, 0.29) is 41.8 Å². The van der Waals surface area contributed by atoms with Gasteiger partial charge in [0, 0.05) is 48.4 Å². The summed E-state index contributed by atoms with van der Waals surface area (Å²) in [4.78, 5) is 6.42. The number of aromatic nitrogens is 1. The molecule has 10 heteroatoms. The minimum atomic E-state index is -3.94. The highest BCUT2D eigenvalue weighted by molar-refractivity contribution is 9.10. The summed E-state index contributed by atoms with van der Waals surface area (Å²) in [5, 5.41) is 10.1. The molecule has 0 bridgehead atoms. The lowest BCUT2D eigenvalue weighted by molar-refractivity contribution is 0.189. The summed E-state index contributed by atoms with van der Waals surface area (Å²) in [6.07, 6.45) is 2.19. The van der Waals surface area contributed by atoms with Crippen molar-refractivity contribution in [2.75, 3.05) is 24.6 Å². The number of halogens is 2. The molecule has 1 fully saturated rings. The van der Waals surface area contributed by atoms with Crippen LogP contribution in [0.25, 0.3) is 0 Å². The number of pyridine rings is 1. The first kappa shape index (κ1) is 27.5. The Bertz CT molecular complexity index is 1320. The molecule has 1 saturated heterocycles. The lowest BCUT2D eigenvalue weighted by Crippen LogP contribution is -2.42. The lowest BCUT2D eigenvalue weighted by Gasteiger charge is -2.39. The van der Waals surface area contributed by atoms with E-state index >= 15 is 0 Å². The minimum absolute atomic E-state index is 0.0351. The summed E-state index contributed by atoms with van der Waals surface area (Å²) in [6.45, 7) is 4.77. The molecular formula is C27H31BrFN3O4S. The van der Waals surface area contributed by atoms with Gasteiger partial charge in [-0.15, -0.1) is 0 Å². The van der Waals surface area contributed by atoms with Gasteiger partial charge in [-0.1, -0.05) is 30.3 Å². The van der Waals surface area contributed by atoms with Gasteiger partial charge in [0.2, 0.25) is 10.0 Å². The van der Waals surface area contributed by atoms with Crippen molar-refractivity contribution >= 4 is 31.8 Å². The van der Waals surface area contributed by atoms with Crippen LogP contribution in [0, 0.1) is 11.7 Å². The number of aliphatic hydroxyl groups is 1. The van der Waals surface area contributed by atoms with Crippen molar-refractivity contribution in [2.24, 2.45) is 5.92 Å². The normalized spacial score (nSPS) is 18.3. The summed E-state index contributed by atoms with van der Waals surface area (Å²) in [6, 6.07) is 15.2. The van der Waals surface area contributed by atoms with Crippen molar-refractivity contribution in [3.63, 3.8) is 0 Å². The molecule has 37 heavy (non-hydrogen) atoms. The van der Waals surface area contributed by atoms with Gasteiger partial charge >= 0.3 is 0 Å². The van der Waals surface area contributed by atoms with Crippen LogP contribution in [0.15, 0.2) is 70.2 Å². The molecule has 198 valence electrons. The SMILES string of the molecule is CC(C)Oc1ccccc1CNS(=O)(=O)c1cc(Br)cnc1N1CC[C@@H](c2ccc(F)cc2)[C@H](CO)C1. The predicted octanol–water partition coefficient (Wildman–Crippen LogP) is 4.85. The van der Waals surface area contributed by atoms with Crippen molar-refractivity contribution in [3.8, 4) is 5.75 Å². The molecule has 1 aliphatic rings. The van der Waals surface area contributed by atoms with Gasteiger partial charge in [0.1, 0.15) is 22.3 Å². The van der Waals surface area contributed by atoms with E-state index < -0.39 is 10.0 Å². The zero-order chi connectivity index (χ0) is 26.6. The Morgan fingerprint density at radius 1 is 1.22 bits per heavy atom. The number of ether oxygens (including phenoxy) is 1. The second-order valence-corrected chi connectivity index (χ2v) is 12.1. The van der Waals surface area contributed by atoms with E-state index in [0.29, 0.717) is 35.6 Å². The van der Waals surface area contributed by atoms with E-state index in [1.54, 1.807) is 24.4 Å². The third kappa shape index (κ3) is 6.67. The molecule has 1 aromatic heterocycles. The molecule has 0 unspecified atom stereocenters. The van der Waals surface area contributed by atoms with Crippen LogP contribution in [-0.4, -0.2) is 44.3 Å². The van der Waals surface area contributed by atoms with Crippen molar-refractivity contribution in [1.29, 1.82) is 0 Å². The van der Waals surface area contributed by atoms with Crippen LogP contribution in [0.4, 0.5) is 10.2 Å². The summed E-state index contributed by atoms with van der Waals surface area (Å²) in [5.74, 6) is 0.530. The van der Waals surface area contributed by atoms with Crippen molar-refractivity contribution in [2.45, 2.75) is 43.7 Å². The van der Waals surface area contributed by atoms with Crippen LogP contribution in [0.2, 0.25) is 0 Å². The molecule has 0 aliphatic carbocycles. The average Bonchev–Trinajstić information content (AvgIpc) is 2.88. The molecule has 0 saturated carbocycles. The summed E-state index contributed by atoms with van der Waals surface area (Å²) in [7, 11) is -3.94. The summed E-state index contributed by atoms with van der Waals surface area (Å²) < 4.78 is 49.5. The number of nitrogens with one attached hydrogen (secondary N) is 1. The topological polar surface area (TPSA) is 91.8 Å². The lowest BCUT2D eigenvalue weighted by atomic mass is 9.81. The third-order valence-corrected chi connectivity index (χ3v) is 8.28. The number of para-hydroxylation sites is 1. The fourth-order valence-electron chi connectivity index (χ4n) is 4.68. The number of anilines is 1. The Kier molecular flexibility index (Phi) is 8.84. The second kappa shape index (κ2) is 11.9. The van der Waals surface area contributed by atoms with Crippen LogP contribution >= 0.6 is 15.9 Å². The van der Waals surface area contributed by atoms with Gasteiger partial charge < -0.3 is 14.7 Å². The molecule has 0 spiro atoms. The Morgan fingerprint density at radius 2 is 1.95 bits per heavy atom. The van der Waals surface area contributed by atoms with Crippen LogP contribution in [0.1, 0.15) is 37.3 Å².